The molecule has 23 heavy (non-hydrogen) atoms. The molecular weight excluding hydrogens is 316 g/mol. The predicted molar refractivity (Wildman–Crippen MR) is 88.7 cm³/mol. The highest BCUT2D eigenvalue weighted by Gasteiger charge is 2.15. The first-order valence-electron chi connectivity index (χ1n) is 7.87. The number of methoxy groups -OCH3 is 1. The van der Waals surface area contributed by atoms with E-state index in [0.29, 0.717) is 17.7 Å². The van der Waals surface area contributed by atoms with Crippen molar-refractivity contribution in [2.45, 2.75) is 25.0 Å². The molecule has 1 aliphatic heterocycles. The van der Waals surface area contributed by atoms with Gasteiger partial charge in [0.1, 0.15) is 0 Å². The highest BCUT2D eigenvalue weighted by Crippen LogP contribution is 2.10. The van der Waals surface area contributed by atoms with Crippen molar-refractivity contribution < 1.29 is 17.9 Å². The molecular formula is C16H24N2O4S. The summed E-state index contributed by atoms with van der Waals surface area (Å²) in [6.07, 6.45) is 3.64. The molecule has 0 aliphatic carbocycles. The number of ether oxygens (including phenoxy) is 1. The van der Waals surface area contributed by atoms with E-state index in [2.05, 4.69) is 14.4 Å². The Morgan fingerprint density at radius 2 is 2.00 bits per heavy atom. The quantitative estimate of drug-likeness (QED) is 0.759. The fourth-order valence-electron chi connectivity index (χ4n) is 2.72. The van der Waals surface area contributed by atoms with Gasteiger partial charge in [0.2, 0.25) is 10.0 Å². The van der Waals surface area contributed by atoms with Crippen LogP contribution in [-0.2, 0) is 20.5 Å². The van der Waals surface area contributed by atoms with Crippen LogP contribution in [0.1, 0.15) is 35.2 Å². The molecule has 1 aromatic carbocycles. The van der Waals surface area contributed by atoms with Crippen LogP contribution in [0.2, 0.25) is 0 Å². The van der Waals surface area contributed by atoms with Gasteiger partial charge in [-0.15, -0.1) is 0 Å². The van der Waals surface area contributed by atoms with Crippen molar-refractivity contribution in [2.24, 2.45) is 0 Å². The molecule has 1 heterocycles. The number of nitrogens with one attached hydrogen (secondary N) is 1. The van der Waals surface area contributed by atoms with Gasteiger partial charge in [0.25, 0.3) is 0 Å². The number of benzene rings is 1. The highest BCUT2D eigenvalue weighted by atomic mass is 32.2. The second-order valence-electron chi connectivity index (χ2n) is 5.75. The zero-order chi connectivity index (χ0) is 16.7. The van der Waals surface area contributed by atoms with Crippen LogP contribution in [0.25, 0.3) is 0 Å². The molecule has 0 atom stereocenters. The number of carbonyl (C=O) groups excluding carboxylic acids is 1. The Morgan fingerprint density at radius 1 is 1.26 bits per heavy atom. The molecule has 128 valence electrons. The van der Waals surface area contributed by atoms with Gasteiger partial charge in [-0.2, -0.15) is 0 Å². The van der Waals surface area contributed by atoms with E-state index in [1.165, 1.54) is 26.4 Å². The monoisotopic (exact) mass is 340 g/mol. The van der Waals surface area contributed by atoms with Crippen molar-refractivity contribution >= 4 is 16.0 Å². The third-order valence-electron chi connectivity index (χ3n) is 3.90. The maximum absolute atomic E-state index is 12.1. The van der Waals surface area contributed by atoms with Crippen LogP contribution in [0.15, 0.2) is 24.3 Å². The molecule has 0 spiro atoms. The highest BCUT2D eigenvalue weighted by molar-refractivity contribution is 7.88. The minimum atomic E-state index is -3.41. The Balaban J connectivity index is 1.86. The standard InChI is InChI=1S/C16H24N2O4S/c1-22-16(19)15-7-5-6-14(12-15)13-23(20,21)17-8-11-18-9-3-2-4-10-18/h5-7,12,17H,2-4,8-11,13H2,1H3. The lowest BCUT2D eigenvalue weighted by molar-refractivity contribution is 0.0600. The van der Waals surface area contributed by atoms with Crippen LogP contribution in [-0.4, -0.2) is 52.6 Å². The normalized spacial score (nSPS) is 16.2. The number of hydrogen-bond acceptors (Lipinski definition) is 5. The summed E-state index contributed by atoms with van der Waals surface area (Å²) in [6, 6.07) is 6.50. The molecule has 0 saturated carbocycles. The number of rotatable bonds is 7. The van der Waals surface area contributed by atoms with Gasteiger partial charge in [-0.1, -0.05) is 18.6 Å². The first-order chi connectivity index (χ1) is 11.0. The number of hydrogen-bond donors (Lipinski definition) is 1. The molecule has 0 bridgehead atoms. The molecule has 7 heteroatoms. The maximum Gasteiger partial charge on any atom is 0.337 e. The van der Waals surface area contributed by atoms with Gasteiger partial charge in [0, 0.05) is 13.1 Å². The van der Waals surface area contributed by atoms with Crippen LogP contribution in [0.4, 0.5) is 0 Å². The van der Waals surface area contributed by atoms with E-state index in [-0.39, 0.29) is 5.75 Å². The van der Waals surface area contributed by atoms with Crippen molar-refractivity contribution in [1.82, 2.24) is 9.62 Å². The fourth-order valence-corrected chi connectivity index (χ4v) is 3.84. The molecule has 0 unspecified atom stereocenters. The molecule has 0 radical (unpaired) electrons. The van der Waals surface area contributed by atoms with Crippen LogP contribution in [0.3, 0.4) is 0 Å². The summed E-state index contributed by atoms with van der Waals surface area (Å²) < 4.78 is 31.6. The van der Waals surface area contributed by atoms with Gasteiger partial charge in [-0.3, -0.25) is 0 Å². The second-order valence-corrected chi connectivity index (χ2v) is 7.55. The van der Waals surface area contributed by atoms with Gasteiger partial charge < -0.3 is 9.64 Å². The Morgan fingerprint density at radius 3 is 2.70 bits per heavy atom. The number of piperidine rings is 1. The van der Waals surface area contributed by atoms with Gasteiger partial charge in [-0.25, -0.2) is 17.9 Å². The second kappa shape index (κ2) is 8.42. The summed E-state index contributed by atoms with van der Waals surface area (Å²) >= 11 is 0. The van der Waals surface area contributed by atoms with Crippen LogP contribution < -0.4 is 4.72 Å². The van der Waals surface area contributed by atoms with E-state index in [1.807, 2.05) is 0 Å². The molecule has 1 fully saturated rings. The summed E-state index contributed by atoms with van der Waals surface area (Å²) in [5, 5.41) is 0. The van der Waals surface area contributed by atoms with Crippen LogP contribution in [0.5, 0.6) is 0 Å². The number of carbonyl (C=O) groups is 1. The lowest BCUT2D eigenvalue weighted by atomic mass is 10.1. The van der Waals surface area contributed by atoms with Crippen molar-refractivity contribution in [3.05, 3.63) is 35.4 Å². The minimum Gasteiger partial charge on any atom is -0.465 e. The molecule has 1 aromatic rings. The van der Waals surface area contributed by atoms with Crippen molar-refractivity contribution in [3.8, 4) is 0 Å². The lowest BCUT2D eigenvalue weighted by Gasteiger charge is -2.26. The predicted octanol–water partition coefficient (Wildman–Crippen LogP) is 1.38. The van der Waals surface area contributed by atoms with Gasteiger partial charge in [0.05, 0.1) is 18.4 Å². The number of likely N-dealkylation sites (tertiary alicyclic amines) is 1. The third kappa shape index (κ3) is 5.93. The molecule has 1 saturated heterocycles. The van der Waals surface area contributed by atoms with Gasteiger partial charge >= 0.3 is 5.97 Å². The summed E-state index contributed by atoms with van der Waals surface area (Å²) in [4.78, 5) is 13.8. The van der Waals surface area contributed by atoms with Crippen LogP contribution in [0, 0.1) is 0 Å². The molecule has 1 aliphatic rings. The van der Waals surface area contributed by atoms with E-state index in [1.54, 1.807) is 24.3 Å². The topological polar surface area (TPSA) is 75.7 Å². The zero-order valence-corrected chi connectivity index (χ0v) is 14.3. The molecule has 6 nitrogen and oxygen atoms in total. The van der Waals surface area contributed by atoms with E-state index in [9.17, 15) is 13.2 Å². The summed E-state index contributed by atoms with van der Waals surface area (Å²) in [5.74, 6) is -0.611. The van der Waals surface area contributed by atoms with Crippen molar-refractivity contribution in [2.75, 3.05) is 33.3 Å². The van der Waals surface area contributed by atoms with Crippen molar-refractivity contribution in [3.63, 3.8) is 0 Å². The number of esters is 1. The first-order valence-corrected chi connectivity index (χ1v) is 9.52. The van der Waals surface area contributed by atoms with Crippen LogP contribution >= 0.6 is 0 Å². The average molecular weight is 340 g/mol. The number of sulfonamides is 1. The Bertz CT molecular complexity index is 625. The van der Waals surface area contributed by atoms with Crippen molar-refractivity contribution in [1.29, 1.82) is 0 Å². The lowest BCUT2D eigenvalue weighted by Crippen LogP contribution is -2.38. The maximum atomic E-state index is 12.1. The largest absolute Gasteiger partial charge is 0.465 e. The Kier molecular flexibility index (Phi) is 6.56. The molecule has 1 N–H and O–H groups in total. The first kappa shape index (κ1) is 17.9. The molecule has 2 rings (SSSR count). The zero-order valence-electron chi connectivity index (χ0n) is 13.5. The molecule has 0 aromatic heterocycles. The fraction of sp³-hybridized carbons (Fsp3) is 0.562. The SMILES string of the molecule is COC(=O)c1cccc(CS(=O)(=O)NCCN2CCCCC2)c1. The third-order valence-corrected chi connectivity index (χ3v) is 5.26. The number of nitrogens with zero attached hydrogens (tertiary/aromatic N) is 1. The Labute approximate surface area is 137 Å². The van der Waals surface area contributed by atoms with Gasteiger partial charge in [-0.05, 0) is 43.6 Å². The average Bonchev–Trinajstić information content (AvgIpc) is 2.54. The Hall–Kier alpha value is -1.44. The van der Waals surface area contributed by atoms with E-state index in [4.69, 9.17) is 0 Å². The smallest absolute Gasteiger partial charge is 0.337 e. The van der Waals surface area contributed by atoms with E-state index in [0.717, 1.165) is 19.6 Å². The minimum absolute atomic E-state index is 0.141. The summed E-state index contributed by atoms with van der Waals surface area (Å²) in [7, 11) is -2.11. The van der Waals surface area contributed by atoms with E-state index < -0.39 is 16.0 Å². The summed E-state index contributed by atoms with van der Waals surface area (Å²) in [5.41, 5.74) is 0.923. The summed E-state index contributed by atoms with van der Waals surface area (Å²) in [6.45, 7) is 3.24. The van der Waals surface area contributed by atoms with E-state index >= 15 is 0 Å². The van der Waals surface area contributed by atoms with Gasteiger partial charge in [0.15, 0.2) is 0 Å². The molecule has 0 amide bonds.